The van der Waals surface area contributed by atoms with Gasteiger partial charge in [-0.1, -0.05) is 259 Å². The first-order chi connectivity index (χ1) is 39.6. The van der Waals surface area contributed by atoms with Gasteiger partial charge in [0.2, 0.25) is 0 Å². The first-order valence-electron chi connectivity index (χ1n) is 32.2. The SMILES string of the molecule is CC/C=C\C/C=C\C/C=C\C/C=C\CCCCCCCCC(=O)OC1C(OCC(COC(=O)CCCCCCCCCCCCCCCCCCCCC)OC(=O)CC/C=C\C/C=C\C/C=C\C/C=C\CC)OC(C(=O)O)C(O)C1O. The molecular formula is C69H114O12. The van der Waals surface area contributed by atoms with Crippen LogP contribution in [0.4, 0.5) is 0 Å². The molecular weight excluding hydrogens is 1020 g/mol. The monoisotopic (exact) mass is 1130 g/mol. The molecule has 1 fully saturated rings. The van der Waals surface area contributed by atoms with Crippen LogP contribution in [0.5, 0.6) is 0 Å². The minimum Gasteiger partial charge on any atom is -0.479 e. The van der Waals surface area contributed by atoms with Gasteiger partial charge in [-0.25, -0.2) is 4.79 Å². The molecule has 1 heterocycles. The first-order valence-corrected chi connectivity index (χ1v) is 32.2. The number of ether oxygens (including phenoxy) is 5. The number of allylic oxidation sites excluding steroid dienone is 16. The van der Waals surface area contributed by atoms with E-state index in [-0.39, 0.29) is 25.9 Å². The molecule has 462 valence electrons. The topological polar surface area (TPSA) is 175 Å². The van der Waals surface area contributed by atoms with E-state index in [1.165, 1.54) is 96.3 Å². The van der Waals surface area contributed by atoms with Crippen LogP contribution < -0.4 is 0 Å². The first kappa shape index (κ1) is 74.7. The number of carboxylic acid groups (broad SMARTS) is 1. The molecule has 0 saturated carbocycles. The average molecular weight is 1140 g/mol. The Kier molecular flexibility index (Phi) is 51.7. The van der Waals surface area contributed by atoms with E-state index in [1.54, 1.807) is 0 Å². The van der Waals surface area contributed by atoms with E-state index in [2.05, 4.69) is 106 Å². The Morgan fingerprint density at radius 1 is 0.420 bits per heavy atom. The van der Waals surface area contributed by atoms with Gasteiger partial charge >= 0.3 is 23.9 Å². The summed E-state index contributed by atoms with van der Waals surface area (Å²) in [6.45, 7) is 5.72. The maximum atomic E-state index is 13.1. The Balaban J connectivity index is 2.67. The van der Waals surface area contributed by atoms with Gasteiger partial charge in [-0.2, -0.15) is 0 Å². The van der Waals surface area contributed by atoms with Crippen molar-refractivity contribution < 1.29 is 58.2 Å². The summed E-state index contributed by atoms with van der Waals surface area (Å²) in [7, 11) is 0. The minimum absolute atomic E-state index is 0.0331. The second-order valence-corrected chi connectivity index (χ2v) is 21.6. The number of unbranched alkanes of at least 4 members (excludes halogenated alkanes) is 24. The molecule has 0 bridgehead atoms. The fraction of sp³-hybridized carbons (Fsp3) is 0.710. The summed E-state index contributed by atoms with van der Waals surface area (Å²) < 4.78 is 28.4. The number of esters is 3. The zero-order chi connectivity index (χ0) is 58.9. The summed E-state index contributed by atoms with van der Waals surface area (Å²) in [5, 5.41) is 31.6. The third-order valence-electron chi connectivity index (χ3n) is 14.2. The smallest absolute Gasteiger partial charge is 0.335 e. The van der Waals surface area contributed by atoms with Gasteiger partial charge in [0.15, 0.2) is 24.6 Å². The fourth-order valence-electron chi connectivity index (χ4n) is 9.32. The third-order valence-corrected chi connectivity index (χ3v) is 14.2. The lowest BCUT2D eigenvalue weighted by atomic mass is 9.98. The molecule has 6 unspecified atom stereocenters. The summed E-state index contributed by atoms with van der Waals surface area (Å²) >= 11 is 0. The van der Waals surface area contributed by atoms with Crippen molar-refractivity contribution in [3.05, 3.63) is 97.2 Å². The van der Waals surface area contributed by atoms with Crippen molar-refractivity contribution in [3.8, 4) is 0 Å². The Morgan fingerprint density at radius 2 is 0.802 bits per heavy atom. The molecule has 0 spiro atoms. The predicted molar refractivity (Wildman–Crippen MR) is 331 cm³/mol. The van der Waals surface area contributed by atoms with Crippen LogP contribution >= 0.6 is 0 Å². The van der Waals surface area contributed by atoms with Crippen molar-refractivity contribution >= 4 is 23.9 Å². The van der Waals surface area contributed by atoms with Gasteiger partial charge in [0.25, 0.3) is 0 Å². The van der Waals surface area contributed by atoms with Crippen LogP contribution in [0.2, 0.25) is 0 Å². The fourth-order valence-corrected chi connectivity index (χ4v) is 9.32. The number of hydrogen-bond donors (Lipinski definition) is 3. The Labute approximate surface area is 492 Å². The van der Waals surface area contributed by atoms with E-state index in [0.717, 1.165) is 103 Å². The van der Waals surface area contributed by atoms with E-state index in [4.69, 9.17) is 23.7 Å². The van der Waals surface area contributed by atoms with Crippen molar-refractivity contribution in [1.29, 1.82) is 0 Å². The van der Waals surface area contributed by atoms with Crippen LogP contribution in [-0.4, -0.2) is 89.2 Å². The van der Waals surface area contributed by atoms with Gasteiger partial charge in [-0.15, -0.1) is 0 Å². The molecule has 0 amide bonds. The highest BCUT2D eigenvalue weighted by atomic mass is 16.7. The molecule has 0 aromatic heterocycles. The van der Waals surface area contributed by atoms with Crippen LogP contribution in [0.3, 0.4) is 0 Å². The van der Waals surface area contributed by atoms with Gasteiger partial charge < -0.3 is 39.0 Å². The van der Waals surface area contributed by atoms with E-state index >= 15 is 0 Å². The number of rotatable bonds is 54. The van der Waals surface area contributed by atoms with Crippen LogP contribution in [0.25, 0.3) is 0 Å². The summed E-state index contributed by atoms with van der Waals surface area (Å²) in [4.78, 5) is 51.2. The van der Waals surface area contributed by atoms with Crippen molar-refractivity contribution in [3.63, 3.8) is 0 Å². The van der Waals surface area contributed by atoms with Gasteiger partial charge in [-0.3, -0.25) is 14.4 Å². The summed E-state index contributed by atoms with van der Waals surface area (Å²) in [5.74, 6) is -3.24. The normalized spacial score (nSPS) is 18.4. The summed E-state index contributed by atoms with van der Waals surface area (Å²) in [6, 6.07) is 0. The molecule has 1 rings (SSSR count). The molecule has 1 saturated heterocycles. The number of carboxylic acids is 1. The van der Waals surface area contributed by atoms with Crippen molar-refractivity contribution in [2.75, 3.05) is 13.2 Å². The Bertz CT molecular complexity index is 1780. The molecule has 0 aromatic rings. The van der Waals surface area contributed by atoms with Crippen LogP contribution in [0.1, 0.15) is 265 Å². The Hall–Kier alpha value is -4.36. The predicted octanol–water partition coefficient (Wildman–Crippen LogP) is 17.2. The zero-order valence-corrected chi connectivity index (χ0v) is 51.0. The molecule has 81 heavy (non-hydrogen) atoms. The van der Waals surface area contributed by atoms with E-state index < -0.39 is 67.3 Å². The summed E-state index contributed by atoms with van der Waals surface area (Å²) in [6.07, 6.45) is 62.5. The number of carbonyl (C=O) groups is 4. The number of aliphatic hydroxyl groups excluding tert-OH is 2. The van der Waals surface area contributed by atoms with Crippen LogP contribution in [-0.2, 0) is 42.9 Å². The number of aliphatic carboxylic acids is 1. The van der Waals surface area contributed by atoms with Gasteiger partial charge in [-0.05, 0) is 83.5 Å². The molecule has 3 N–H and O–H groups in total. The van der Waals surface area contributed by atoms with E-state index in [9.17, 15) is 34.5 Å². The number of hydrogen-bond acceptors (Lipinski definition) is 11. The maximum absolute atomic E-state index is 13.1. The molecule has 0 radical (unpaired) electrons. The lowest BCUT2D eigenvalue weighted by Crippen LogP contribution is -2.61. The van der Waals surface area contributed by atoms with Gasteiger partial charge in [0, 0.05) is 19.3 Å². The molecule has 1 aliphatic heterocycles. The van der Waals surface area contributed by atoms with Gasteiger partial charge in [0.05, 0.1) is 6.61 Å². The summed E-state index contributed by atoms with van der Waals surface area (Å²) in [5.41, 5.74) is 0. The quantitative estimate of drug-likeness (QED) is 0.0228. The molecule has 12 heteroatoms. The lowest BCUT2D eigenvalue weighted by molar-refractivity contribution is -0.301. The van der Waals surface area contributed by atoms with Crippen LogP contribution in [0.15, 0.2) is 97.2 Å². The highest BCUT2D eigenvalue weighted by Crippen LogP contribution is 2.26. The standard InChI is InChI=1S/C69H114O12/c1-4-7-10-13-16-19-22-25-27-29-31-33-35-38-40-43-46-49-52-55-61(70)77-58-60(79-62(71)56-53-50-47-44-41-37-24-21-18-15-12-9-6-3)59-78-69-67(65(74)64(73)66(81-69)68(75)76)80-63(72)57-54-51-48-45-42-39-36-34-32-30-28-26-23-20-17-14-11-8-5-2/h8-9,11-12,17-18,20-21,26,28,32,34,37,41,47,50,60,64-67,69,73-74H,4-7,10,13-16,19,22-25,27,29-31,33,35-36,38-40,42-46,48-49,51-59H2,1-3H3,(H,75,76)/b11-8-,12-9-,20-17-,21-18-,28-26-,34-32-,41-37-,50-47-. The van der Waals surface area contributed by atoms with Crippen molar-refractivity contribution in [2.24, 2.45) is 0 Å². The molecule has 12 nitrogen and oxygen atoms in total. The van der Waals surface area contributed by atoms with Crippen LogP contribution in [0, 0.1) is 0 Å². The zero-order valence-electron chi connectivity index (χ0n) is 51.0. The lowest BCUT2D eigenvalue weighted by Gasteiger charge is -2.40. The van der Waals surface area contributed by atoms with E-state index in [0.29, 0.717) is 25.7 Å². The highest BCUT2D eigenvalue weighted by Gasteiger charge is 2.50. The maximum Gasteiger partial charge on any atom is 0.335 e. The highest BCUT2D eigenvalue weighted by molar-refractivity contribution is 5.74. The molecule has 0 aromatic carbocycles. The minimum atomic E-state index is -1.92. The van der Waals surface area contributed by atoms with Crippen molar-refractivity contribution in [2.45, 2.75) is 302 Å². The number of carbonyl (C=O) groups excluding carboxylic acids is 3. The van der Waals surface area contributed by atoms with Gasteiger partial charge in [0.1, 0.15) is 18.8 Å². The second-order valence-electron chi connectivity index (χ2n) is 21.6. The molecule has 6 atom stereocenters. The molecule has 0 aliphatic carbocycles. The molecule has 1 aliphatic rings. The Morgan fingerprint density at radius 3 is 1.23 bits per heavy atom. The second kappa shape index (κ2) is 56.1. The van der Waals surface area contributed by atoms with E-state index in [1.807, 2.05) is 12.2 Å². The number of aliphatic hydroxyl groups is 2. The third kappa shape index (κ3) is 45.8. The largest absolute Gasteiger partial charge is 0.479 e. The van der Waals surface area contributed by atoms with Crippen molar-refractivity contribution in [1.82, 2.24) is 0 Å². The average Bonchev–Trinajstić information content (AvgIpc) is 3.54.